The first-order valence-corrected chi connectivity index (χ1v) is 8.47. The number of piperidine rings is 1. The van der Waals surface area contributed by atoms with Crippen LogP contribution in [0, 0.1) is 5.92 Å². The lowest BCUT2D eigenvalue weighted by atomic mass is 9.96. The second-order valence-corrected chi connectivity index (χ2v) is 6.63. The van der Waals surface area contributed by atoms with Crippen LogP contribution in [0.5, 0.6) is 0 Å². The van der Waals surface area contributed by atoms with Gasteiger partial charge in [0.1, 0.15) is 0 Å². The molecule has 0 radical (unpaired) electrons. The zero-order chi connectivity index (χ0) is 15.8. The maximum absolute atomic E-state index is 9.43. The van der Waals surface area contributed by atoms with Crippen LogP contribution in [0.15, 0.2) is 35.9 Å². The number of rotatable bonds is 7. The van der Waals surface area contributed by atoms with Crippen molar-refractivity contribution >= 4 is 6.08 Å². The third kappa shape index (κ3) is 6.30. The van der Waals surface area contributed by atoms with Crippen molar-refractivity contribution in [1.29, 1.82) is 0 Å². The number of likely N-dealkylation sites (tertiary alicyclic amines) is 1. The number of aliphatic hydroxyl groups is 1. The number of nitrogens with zero attached hydrogens (tertiary/aromatic N) is 1. The minimum Gasteiger partial charge on any atom is -0.392 e. The Bertz CT molecular complexity index is 448. The molecule has 22 heavy (non-hydrogen) atoms. The molecule has 1 aromatic carbocycles. The molecule has 0 bridgehead atoms. The van der Waals surface area contributed by atoms with Crippen LogP contribution in [0.1, 0.15) is 32.3 Å². The van der Waals surface area contributed by atoms with E-state index in [1.54, 1.807) is 0 Å². The minimum absolute atomic E-state index is 0.208. The van der Waals surface area contributed by atoms with Gasteiger partial charge in [-0.1, -0.05) is 42.0 Å². The Labute approximate surface area is 135 Å². The molecule has 2 N–H and O–H groups in total. The lowest BCUT2D eigenvalue weighted by Crippen LogP contribution is -2.40. The number of aliphatic hydroxyl groups excluding tert-OH is 1. The van der Waals surface area contributed by atoms with Gasteiger partial charge in [-0.05, 0) is 57.8 Å². The third-order valence-corrected chi connectivity index (χ3v) is 4.28. The second kappa shape index (κ2) is 9.09. The van der Waals surface area contributed by atoms with Crippen molar-refractivity contribution < 1.29 is 5.11 Å². The Hall–Kier alpha value is -1.16. The molecule has 1 atom stereocenters. The Morgan fingerprint density at radius 3 is 2.64 bits per heavy atom. The second-order valence-electron chi connectivity index (χ2n) is 6.63. The van der Waals surface area contributed by atoms with Gasteiger partial charge in [-0.2, -0.15) is 0 Å². The molecule has 1 saturated heterocycles. The average molecular weight is 302 g/mol. The first-order chi connectivity index (χ1) is 10.6. The normalized spacial score (nSPS) is 19.3. The summed E-state index contributed by atoms with van der Waals surface area (Å²) < 4.78 is 0. The highest BCUT2D eigenvalue weighted by Gasteiger charge is 2.19. The molecular formula is C19H30N2O. The standard InChI is InChI=1S/C19H30N2O/c1-16(12-18-6-4-3-5-7-18)13-20-14-19-8-10-21(11-9-19)15-17(2)22/h3-7,12,17,19-20,22H,8-11,13-15H2,1-2H3/b16-12-/t17-/m1/s1. The zero-order valence-corrected chi connectivity index (χ0v) is 14.0. The summed E-state index contributed by atoms with van der Waals surface area (Å²) in [6.45, 7) is 9.18. The molecule has 3 nitrogen and oxygen atoms in total. The van der Waals surface area contributed by atoms with Gasteiger partial charge in [0, 0.05) is 13.1 Å². The molecule has 1 aromatic rings. The zero-order valence-electron chi connectivity index (χ0n) is 14.0. The molecule has 1 fully saturated rings. The Balaban J connectivity index is 1.64. The SMILES string of the molecule is C/C(=C/c1ccccc1)CNCC1CCN(C[C@@H](C)O)CC1. The molecule has 1 aliphatic heterocycles. The molecule has 0 aliphatic carbocycles. The summed E-state index contributed by atoms with van der Waals surface area (Å²) in [6.07, 6.45) is 4.51. The van der Waals surface area contributed by atoms with Gasteiger partial charge in [0.05, 0.1) is 6.10 Å². The van der Waals surface area contributed by atoms with Crippen molar-refractivity contribution in [2.75, 3.05) is 32.7 Å². The first kappa shape index (κ1) is 17.2. The Morgan fingerprint density at radius 1 is 1.32 bits per heavy atom. The highest BCUT2D eigenvalue weighted by atomic mass is 16.3. The summed E-state index contributed by atoms with van der Waals surface area (Å²) in [4.78, 5) is 2.38. The van der Waals surface area contributed by atoms with E-state index in [1.807, 2.05) is 6.92 Å². The van der Waals surface area contributed by atoms with E-state index in [1.165, 1.54) is 24.0 Å². The molecule has 0 saturated carbocycles. The van der Waals surface area contributed by atoms with Crippen LogP contribution in [-0.2, 0) is 0 Å². The summed E-state index contributed by atoms with van der Waals surface area (Å²) in [5.74, 6) is 0.773. The van der Waals surface area contributed by atoms with Crippen LogP contribution < -0.4 is 5.32 Å². The van der Waals surface area contributed by atoms with E-state index in [0.29, 0.717) is 0 Å². The summed E-state index contributed by atoms with van der Waals surface area (Å²) in [5, 5.41) is 13.0. The molecule has 0 amide bonds. The molecule has 0 aromatic heterocycles. The van der Waals surface area contributed by atoms with Gasteiger partial charge >= 0.3 is 0 Å². The molecular weight excluding hydrogens is 272 g/mol. The van der Waals surface area contributed by atoms with Crippen LogP contribution in [-0.4, -0.2) is 48.8 Å². The van der Waals surface area contributed by atoms with Crippen LogP contribution in [0.3, 0.4) is 0 Å². The summed E-state index contributed by atoms with van der Waals surface area (Å²) in [5.41, 5.74) is 2.64. The van der Waals surface area contributed by atoms with E-state index in [0.717, 1.165) is 38.6 Å². The lowest BCUT2D eigenvalue weighted by molar-refractivity contribution is 0.1000. The summed E-state index contributed by atoms with van der Waals surface area (Å²) >= 11 is 0. The highest BCUT2D eigenvalue weighted by molar-refractivity contribution is 5.52. The number of hydrogen-bond acceptors (Lipinski definition) is 3. The van der Waals surface area contributed by atoms with Crippen molar-refractivity contribution in [3.8, 4) is 0 Å². The van der Waals surface area contributed by atoms with E-state index < -0.39 is 0 Å². The van der Waals surface area contributed by atoms with Crippen LogP contribution >= 0.6 is 0 Å². The van der Waals surface area contributed by atoms with Crippen LogP contribution in [0.4, 0.5) is 0 Å². The lowest BCUT2D eigenvalue weighted by Gasteiger charge is -2.32. The van der Waals surface area contributed by atoms with Gasteiger partial charge in [-0.15, -0.1) is 0 Å². The average Bonchev–Trinajstić information content (AvgIpc) is 2.49. The minimum atomic E-state index is -0.208. The van der Waals surface area contributed by atoms with E-state index in [9.17, 15) is 5.11 Å². The quantitative estimate of drug-likeness (QED) is 0.813. The molecule has 122 valence electrons. The predicted octanol–water partition coefficient (Wildman–Crippen LogP) is 2.77. The number of nitrogens with one attached hydrogen (secondary N) is 1. The van der Waals surface area contributed by atoms with Crippen molar-refractivity contribution in [2.24, 2.45) is 5.92 Å². The van der Waals surface area contributed by atoms with Gasteiger partial charge in [-0.3, -0.25) is 0 Å². The van der Waals surface area contributed by atoms with Crippen molar-refractivity contribution in [3.05, 3.63) is 41.5 Å². The Morgan fingerprint density at radius 2 is 2.00 bits per heavy atom. The number of hydrogen-bond donors (Lipinski definition) is 2. The van der Waals surface area contributed by atoms with E-state index in [4.69, 9.17) is 0 Å². The van der Waals surface area contributed by atoms with Crippen molar-refractivity contribution in [3.63, 3.8) is 0 Å². The predicted molar refractivity (Wildman–Crippen MR) is 93.8 cm³/mol. The van der Waals surface area contributed by atoms with E-state index in [-0.39, 0.29) is 6.10 Å². The van der Waals surface area contributed by atoms with E-state index in [2.05, 4.69) is 53.5 Å². The maximum Gasteiger partial charge on any atom is 0.0639 e. The number of β-amino-alcohol motifs (C(OH)–C–C–N with tert-alkyl or cyclic N) is 1. The fraction of sp³-hybridized carbons (Fsp3) is 0.579. The molecule has 0 unspecified atom stereocenters. The largest absolute Gasteiger partial charge is 0.392 e. The molecule has 2 rings (SSSR count). The molecule has 3 heteroatoms. The van der Waals surface area contributed by atoms with Crippen molar-refractivity contribution in [2.45, 2.75) is 32.8 Å². The van der Waals surface area contributed by atoms with Crippen molar-refractivity contribution in [1.82, 2.24) is 10.2 Å². The fourth-order valence-corrected chi connectivity index (χ4v) is 3.11. The van der Waals surface area contributed by atoms with Gasteiger partial charge < -0.3 is 15.3 Å². The fourth-order valence-electron chi connectivity index (χ4n) is 3.11. The topological polar surface area (TPSA) is 35.5 Å². The third-order valence-electron chi connectivity index (χ3n) is 4.28. The van der Waals surface area contributed by atoms with Crippen LogP contribution in [0.25, 0.3) is 6.08 Å². The molecule has 0 spiro atoms. The molecule has 1 heterocycles. The molecule has 1 aliphatic rings. The smallest absolute Gasteiger partial charge is 0.0639 e. The summed E-state index contributed by atoms with van der Waals surface area (Å²) in [6, 6.07) is 10.5. The Kier molecular flexibility index (Phi) is 7.10. The highest BCUT2D eigenvalue weighted by Crippen LogP contribution is 2.16. The first-order valence-electron chi connectivity index (χ1n) is 8.47. The van der Waals surface area contributed by atoms with Gasteiger partial charge in [0.15, 0.2) is 0 Å². The van der Waals surface area contributed by atoms with Gasteiger partial charge in [0.25, 0.3) is 0 Å². The monoisotopic (exact) mass is 302 g/mol. The van der Waals surface area contributed by atoms with Crippen LogP contribution in [0.2, 0.25) is 0 Å². The van der Waals surface area contributed by atoms with E-state index >= 15 is 0 Å². The van der Waals surface area contributed by atoms with Gasteiger partial charge in [0.2, 0.25) is 0 Å². The van der Waals surface area contributed by atoms with Gasteiger partial charge in [-0.25, -0.2) is 0 Å². The summed E-state index contributed by atoms with van der Waals surface area (Å²) in [7, 11) is 0. The maximum atomic E-state index is 9.43. The number of benzene rings is 1.